The first-order chi connectivity index (χ1) is 6.15. The van der Waals surface area contributed by atoms with Gasteiger partial charge >= 0.3 is 0 Å². The summed E-state index contributed by atoms with van der Waals surface area (Å²) in [4.78, 5) is 11.4. The second-order valence-electron chi connectivity index (χ2n) is 2.82. The minimum atomic E-state index is 0.0208. The fraction of sp³-hybridized carbons (Fsp3) is 0.300. The van der Waals surface area contributed by atoms with Crippen LogP contribution in [0.25, 0.3) is 0 Å². The van der Waals surface area contributed by atoms with Gasteiger partial charge in [0.25, 0.3) is 0 Å². The van der Waals surface area contributed by atoms with Crippen molar-refractivity contribution in [1.82, 2.24) is 0 Å². The summed E-state index contributed by atoms with van der Waals surface area (Å²) in [5.74, 6) is 0.0208. The van der Waals surface area contributed by atoms with E-state index in [9.17, 15) is 4.79 Å². The monoisotopic (exact) mass is 242 g/mol. The topological polar surface area (TPSA) is 26.3 Å². The van der Waals surface area contributed by atoms with Crippen LogP contribution in [0, 0.1) is 6.92 Å². The van der Waals surface area contributed by atoms with E-state index >= 15 is 0 Å². The van der Waals surface area contributed by atoms with Gasteiger partial charge in [-0.2, -0.15) is 0 Å². The van der Waals surface area contributed by atoms with Crippen LogP contribution in [0.2, 0.25) is 0 Å². The smallest absolute Gasteiger partial charge is 0.188 e. The molecular weight excluding hydrogens is 232 g/mol. The first-order valence-electron chi connectivity index (χ1n) is 3.93. The molecule has 0 aliphatic heterocycles. The molecule has 0 unspecified atom stereocenters. The maximum atomic E-state index is 11.4. The quantitative estimate of drug-likeness (QED) is 0.762. The van der Waals surface area contributed by atoms with Crippen LogP contribution in [0.5, 0.6) is 0 Å². The number of carbonyl (C=O) groups is 1. The maximum absolute atomic E-state index is 11.4. The summed E-state index contributed by atoms with van der Waals surface area (Å²) in [6.45, 7) is 2.05. The number of benzene rings is 1. The normalized spacial score (nSPS) is 10.1. The van der Waals surface area contributed by atoms with Crippen LogP contribution in [0.3, 0.4) is 0 Å². The summed E-state index contributed by atoms with van der Waals surface area (Å²) in [6, 6.07) is 5.58. The largest absolute Gasteiger partial charge is 0.377 e. The molecule has 13 heavy (non-hydrogen) atoms. The standard InChI is InChI=1S/C10H11BrO2/c1-7-5-8(11)3-4-9(7)10(12)6-13-2/h3-5H,6H2,1-2H3. The third-order valence-corrected chi connectivity index (χ3v) is 2.26. The van der Waals surface area contributed by atoms with E-state index in [-0.39, 0.29) is 12.4 Å². The van der Waals surface area contributed by atoms with Crippen molar-refractivity contribution in [3.63, 3.8) is 0 Å². The molecule has 0 aliphatic carbocycles. The van der Waals surface area contributed by atoms with Crippen molar-refractivity contribution in [2.24, 2.45) is 0 Å². The fourth-order valence-corrected chi connectivity index (χ4v) is 1.62. The third kappa shape index (κ3) is 2.64. The Bertz CT molecular complexity index is 321. The zero-order chi connectivity index (χ0) is 9.84. The van der Waals surface area contributed by atoms with E-state index in [2.05, 4.69) is 15.9 Å². The Morgan fingerprint density at radius 1 is 1.54 bits per heavy atom. The molecule has 0 spiro atoms. The van der Waals surface area contributed by atoms with E-state index in [4.69, 9.17) is 4.74 Å². The summed E-state index contributed by atoms with van der Waals surface area (Å²) in [5, 5.41) is 0. The van der Waals surface area contributed by atoms with Crippen LogP contribution in [0.15, 0.2) is 22.7 Å². The minimum Gasteiger partial charge on any atom is -0.377 e. The fourth-order valence-electron chi connectivity index (χ4n) is 1.15. The lowest BCUT2D eigenvalue weighted by Gasteiger charge is -2.03. The van der Waals surface area contributed by atoms with Crippen molar-refractivity contribution >= 4 is 21.7 Å². The average Bonchev–Trinajstić information content (AvgIpc) is 2.04. The zero-order valence-corrected chi connectivity index (χ0v) is 9.22. The highest BCUT2D eigenvalue weighted by molar-refractivity contribution is 9.10. The number of halogens is 1. The van der Waals surface area contributed by atoms with E-state index < -0.39 is 0 Å². The van der Waals surface area contributed by atoms with Gasteiger partial charge in [-0.15, -0.1) is 0 Å². The lowest BCUT2D eigenvalue weighted by molar-refractivity contribution is 0.0847. The van der Waals surface area contributed by atoms with Crippen LogP contribution >= 0.6 is 15.9 Å². The molecular formula is C10H11BrO2. The van der Waals surface area contributed by atoms with E-state index in [1.807, 2.05) is 19.1 Å². The molecule has 0 radical (unpaired) electrons. The number of rotatable bonds is 3. The number of ketones is 1. The molecule has 0 atom stereocenters. The van der Waals surface area contributed by atoms with Crippen LogP contribution in [-0.4, -0.2) is 19.5 Å². The lowest BCUT2D eigenvalue weighted by atomic mass is 10.1. The molecule has 1 rings (SSSR count). The molecule has 0 saturated carbocycles. The van der Waals surface area contributed by atoms with E-state index in [1.54, 1.807) is 6.07 Å². The van der Waals surface area contributed by atoms with Gasteiger partial charge in [0.05, 0.1) is 0 Å². The Morgan fingerprint density at radius 2 is 2.23 bits per heavy atom. The molecule has 0 saturated heterocycles. The summed E-state index contributed by atoms with van der Waals surface area (Å²) < 4.78 is 5.77. The highest BCUT2D eigenvalue weighted by atomic mass is 79.9. The Labute approximate surface area is 86.0 Å². The predicted octanol–water partition coefficient (Wildman–Crippen LogP) is 2.59. The van der Waals surface area contributed by atoms with Gasteiger partial charge < -0.3 is 4.74 Å². The highest BCUT2D eigenvalue weighted by Crippen LogP contribution is 2.16. The molecule has 3 heteroatoms. The first-order valence-corrected chi connectivity index (χ1v) is 4.72. The number of aryl methyl sites for hydroxylation is 1. The SMILES string of the molecule is COCC(=O)c1ccc(Br)cc1C. The van der Waals surface area contributed by atoms with Gasteiger partial charge in [-0.3, -0.25) is 4.79 Å². The van der Waals surface area contributed by atoms with E-state index in [0.29, 0.717) is 0 Å². The van der Waals surface area contributed by atoms with E-state index in [1.165, 1.54) is 7.11 Å². The number of hydrogen-bond donors (Lipinski definition) is 0. The molecule has 2 nitrogen and oxygen atoms in total. The van der Waals surface area contributed by atoms with E-state index in [0.717, 1.165) is 15.6 Å². The second-order valence-corrected chi connectivity index (χ2v) is 3.73. The first kappa shape index (κ1) is 10.4. The van der Waals surface area contributed by atoms with Gasteiger partial charge in [0.1, 0.15) is 6.61 Å². The van der Waals surface area contributed by atoms with Gasteiger partial charge in [0, 0.05) is 17.1 Å². The summed E-state index contributed by atoms with van der Waals surface area (Å²) >= 11 is 3.34. The third-order valence-electron chi connectivity index (χ3n) is 1.76. The Kier molecular flexibility index (Phi) is 3.63. The van der Waals surface area contributed by atoms with Gasteiger partial charge in [0.15, 0.2) is 5.78 Å². The number of Topliss-reactive ketones (excluding diaryl/α,β-unsaturated/α-hetero) is 1. The van der Waals surface area contributed by atoms with Crippen LogP contribution in [-0.2, 0) is 4.74 Å². The van der Waals surface area contributed by atoms with Crippen molar-refractivity contribution in [2.45, 2.75) is 6.92 Å². The Morgan fingerprint density at radius 3 is 2.77 bits per heavy atom. The molecule has 0 bridgehead atoms. The van der Waals surface area contributed by atoms with Gasteiger partial charge in [0.2, 0.25) is 0 Å². The number of carbonyl (C=O) groups excluding carboxylic acids is 1. The molecule has 1 aromatic rings. The molecule has 0 amide bonds. The summed E-state index contributed by atoms with van der Waals surface area (Å²) in [5.41, 5.74) is 1.70. The maximum Gasteiger partial charge on any atom is 0.188 e. The Balaban J connectivity index is 2.95. The molecule has 0 fully saturated rings. The average molecular weight is 243 g/mol. The van der Waals surface area contributed by atoms with Crippen molar-refractivity contribution in [1.29, 1.82) is 0 Å². The van der Waals surface area contributed by atoms with Crippen molar-refractivity contribution in [2.75, 3.05) is 13.7 Å². The predicted molar refractivity (Wildman–Crippen MR) is 55.1 cm³/mol. The lowest BCUT2D eigenvalue weighted by Crippen LogP contribution is -2.08. The second kappa shape index (κ2) is 4.53. The molecule has 0 aliphatic rings. The van der Waals surface area contributed by atoms with Crippen molar-refractivity contribution in [3.8, 4) is 0 Å². The number of ether oxygens (including phenoxy) is 1. The molecule has 0 heterocycles. The minimum absolute atomic E-state index is 0.0208. The van der Waals surface area contributed by atoms with Crippen molar-refractivity contribution in [3.05, 3.63) is 33.8 Å². The van der Waals surface area contributed by atoms with Crippen LogP contribution in [0.1, 0.15) is 15.9 Å². The van der Waals surface area contributed by atoms with Gasteiger partial charge in [-0.05, 0) is 30.7 Å². The molecule has 0 aromatic heterocycles. The Hall–Kier alpha value is -0.670. The van der Waals surface area contributed by atoms with Crippen molar-refractivity contribution < 1.29 is 9.53 Å². The van der Waals surface area contributed by atoms with Crippen LogP contribution < -0.4 is 0 Å². The zero-order valence-electron chi connectivity index (χ0n) is 7.63. The summed E-state index contributed by atoms with van der Waals surface area (Å²) in [7, 11) is 1.52. The number of methoxy groups -OCH3 is 1. The number of hydrogen-bond acceptors (Lipinski definition) is 2. The molecule has 70 valence electrons. The summed E-state index contributed by atoms with van der Waals surface area (Å²) in [6.07, 6.45) is 0. The molecule has 0 N–H and O–H groups in total. The molecule has 1 aromatic carbocycles. The van der Waals surface area contributed by atoms with Gasteiger partial charge in [-0.1, -0.05) is 15.9 Å². The van der Waals surface area contributed by atoms with Crippen LogP contribution in [0.4, 0.5) is 0 Å². The van der Waals surface area contributed by atoms with Gasteiger partial charge in [-0.25, -0.2) is 0 Å². The highest BCUT2D eigenvalue weighted by Gasteiger charge is 2.07.